The normalized spacial score (nSPS) is 13.3. The Bertz CT molecular complexity index is 1360. The van der Waals surface area contributed by atoms with Crippen LogP contribution in [0.5, 0.6) is 5.75 Å². The molecule has 0 fully saturated rings. The Labute approximate surface area is 226 Å². The van der Waals surface area contributed by atoms with Gasteiger partial charge >= 0.3 is 13.9 Å². The molecule has 0 aliphatic heterocycles. The standard InChI is InChI=1S/C22H26ClFN5O7PS/c1-10(2)25-19-6-13(5-11(3)26-19)20-28-29-21(38-20)14-7-16(24)18(8-15(14)23)35-9-17(27-22(30)31)12(4)36-37(32,33)34/h5-8,10,12,17,27H,9H2,1-4H3,(H,25,26)(H,30,31)(H2,32,33,34)/t12-,17-/m0/s1. The second-order valence-electron chi connectivity index (χ2n) is 8.52. The highest BCUT2D eigenvalue weighted by Crippen LogP contribution is 2.39. The Kier molecular flexibility index (Phi) is 9.63. The van der Waals surface area contributed by atoms with Crippen molar-refractivity contribution in [2.24, 2.45) is 0 Å². The van der Waals surface area contributed by atoms with E-state index in [-0.39, 0.29) is 22.4 Å². The van der Waals surface area contributed by atoms with E-state index in [1.165, 1.54) is 24.3 Å². The minimum atomic E-state index is -4.91. The molecule has 1 aromatic carbocycles. The van der Waals surface area contributed by atoms with Crippen molar-refractivity contribution >= 4 is 42.7 Å². The van der Waals surface area contributed by atoms with Crippen molar-refractivity contribution in [1.29, 1.82) is 0 Å². The number of benzene rings is 1. The zero-order valence-corrected chi connectivity index (χ0v) is 23.1. The van der Waals surface area contributed by atoms with Crippen molar-refractivity contribution in [1.82, 2.24) is 20.5 Å². The number of hydrogen-bond donors (Lipinski definition) is 5. The van der Waals surface area contributed by atoms with Gasteiger partial charge in [-0.2, -0.15) is 0 Å². The van der Waals surface area contributed by atoms with Crippen molar-refractivity contribution in [3.05, 3.63) is 40.8 Å². The number of amides is 1. The number of aromatic nitrogens is 3. The topological polar surface area (TPSA) is 176 Å². The molecule has 2 aromatic heterocycles. The van der Waals surface area contributed by atoms with Crippen LogP contribution in [-0.4, -0.2) is 61.0 Å². The highest BCUT2D eigenvalue weighted by atomic mass is 35.5. The Balaban J connectivity index is 1.81. The van der Waals surface area contributed by atoms with Crippen molar-refractivity contribution in [2.75, 3.05) is 11.9 Å². The molecule has 0 unspecified atom stereocenters. The molecule has 38 heavy (non-hydrogen) atoms. The Morgan fingerprint density at radius 3 is 2.50 bits per heavy atom. The van der Waals surface area contributed by atoms with Crippen molar-refractivity contribution in [2.45, 2.75) is 45.9 Å². The van der Waals surface area contributed by atoms with Gasteiger partial charge in [0.15, 0.2) is 11.6 Å². The third kappa shape index (κ3) is 8.32. The average molecular weight is 590 g/mol. The largest absolute Gasteiger partial charge is 0.488 e. The van der Waals surface area contributed by atoms with Gasteiger partial charge < -0.3 is 30.3 Å². The number of hydrogen-bond acceptors (Lipinski definition) is 9. The minimum absolute atomic E-state index is 0.0967. The number of nitrogens with zero attached hydrogens (tertiary/aromatic N) is 3. The molecule has 2 atom stereocenters. The smallest absolute Gasteiger partial charge is 0.469 e. The molecule has 206 valence electrons. The van der Waals surface area contributed by atoms with E-state index in [4.69, 9.17) is 31.2 Å². The number of anilines is 1. The SMILES string of the molecule is Cc1cc(-c2nnc(-c3cc(F)c(OC[C@H](NC(=O)O)[C@H](C)OP(=O)(O)O)cc3Cl)s2)cc(NC(C)C)n1. The molecule has 0 saturated heterocycles. The molecule has 5 N–H and O–H groups in total. The Hall–Kier alpha value is -2.87. The lowest BCUT2D eigenvalue weighted by molar-refractivity contribution is 0.0895. The molecule has 0 radical (unpaired) electrons. The summed E-state index contributed by atoms with van der Waals surface area (Å²) >= 11 is 7.59. The fourth-order valence-electron chi connectivity index (χ4n) is 3.34. The fourth-order valence-corrected chi connectivity index (χ4v) is 5.08. The second kappa shape index (κ2) is 12.3. The lowest BCUT2D eigenvalue weighted by Gasteiger charge is -2.24. The van der Waals surface area contributed by atoms with Gasteiger partial charge in [-0.1, -0.05) is 22.9 Å². The third-order valence-corrected chi connectivity index (χ3v) is 6.84. The van der Waals surface area contributed by atoms with Gasteiger partial charge in [-0.15, -0.1) is 10.2 Å². The number of rotatable bonds is 11. The number of phosphoric acid groups is 1. The van der Waals surface area contributed by atoms with Crippen LogP contribution in [-0.2, 0) is 9.09 Å². The molecule has 3 rings (SSSR count). The zero-order chi connectivity index (χ0) is 28.2. The van der Waals surface area contributed by atoms with E-state index in [1.54, 1.807) is 0 Å². The number of aryl methyl sites for hydroxylation is 1. The molecule has 12 nitrogen and oxygen atoms in total. The number of carbonyl (C=O) groups is 1. The maximum Gasteiger partial charge on any atom is 0.469 e. The summed E-state index contributed by atoms with van der Waals surface area (Å²) in [6, 6.07) is 4.95. The molecule has 3 aromatic rings. The highest BCUT2D eigenvalue weighted by molar-refractivity contribution is 7.46. The highest BCUT2D eigenvalue weighted by Gasteiger charge is 2.28. The number of halogens is 2. The van der Waals surface area contributed by atoms with Crippen LogP contribution in [0.2, 0.25) is 5.02 Å². The van der Waals surface area contributed by atoms with Crippen LogP contribution in [0.1, 0.15) is 26.5 Å². The summed E-state index contributed by atoms with van der Waals surface area (Å²) in [5.41, 5.74) is 1.83. The van der Waals surface area contributed by atoms with E-state index < -0.39 is 38.5 Å². The van der Waals surface area contributed by atoms with Gasteiger partial charge in [0.25, 0.3) is 0 Å². The summed E-state index contributed by atoms with van der Waals surface area (Å²) in [6.07, 6.45) is -2.78. The van der Waals surface area contributed by atoms with Crippen LogP contribution >= 0.6 is 30.8 Å². The Morgan fingerprint density at radius 1 is 1.18 bits per heavy atom. The van der Waals surface area contributed by atoms with Crippen LogP contribution in [0.15, 0.2) is 24.3 Å². The minimum Gasteiger partial charge on any atom is -0.488 e. The molecule has 0 aliphatic carbocycles. The van der Waals surface area contributed by atoms with Gasteiger partial charge in [-0.25, -0.2) is 18.7 Å². The van der Waals surface area contributed by atoms with E-state index in [0.29, 0.717) is 15.8 Å². The van der Waals surface area contributed by atoms with E-state index in [2.05, 4.69) is 25.0 Å². The number of nitrogens with one attached hydrogen (secondary N) is 2. The zero-order valence-electron chi connectivity index (χ0n) is 20.7. The number of pyridine rings is 1. The molecule has 1 amide bonds. The first-order valence-corrected chi connectivity index (χ1v) is 13.9. The van der Waals surface area contributed by atoms with Crippen LogP contribution in [0.3, 0.4) is 0 Å². The number of ether oxygens (including phenoxy) is 1. The van der Waals surface area contributed by atoms with Gasteiger partial charge in [0.1, 0.15) is 22.4 Å². The first kappa shape index (κ1) is 29.7. The predicted molar refractivity (Wildman–Crippen MR) is 140 cm³/mol. The van der Waals surface area contributed by atoms with Gasteiger partial charge in [-0.3, -0.25) is 4.52 Å². The van der Waals surface area contributed by atoms with Crippen molar-refractivity contribution in [3.63, 3.8) is 0 Å². The lowest BCUT2D eigenvalue weighted by atomic mass is 10.2. The van der Waals surface area contributed by atoms with Crippen molar-refractivity contribution in [3.8, 4) is 26.9 Å². The number of phosphoric ester groups is 1. The fraction of sp³-hybridized carbons (Fsp3) is 0.364. The Morgan fingerprint density at radius 2 is 1.87 bits per heavy atom. The first-order valence-electron chi connectivity index (χ1n) is 11.2. The van der Waals surface area contributed by atoms with Crippen LogP contribution in [0.25, 0.3) is 21.1 Å². The van der Waals surface area contributed by atoms with E-state index >= 15 is 0 Å². The van der Waals surface area contributed by atoms with Gasteiger partial charge in [0.2, 0.25) is 0 Å². The molecular weight excluding hydrogens is 564 g/mol. The predicted octanol–water partition coefficient (Wildman–Crippen LogP) is 4.70. The molecule has 0 bridgehead atoms. The molecule has 0 aliphatic rings. The lowest BCUT2D eigenvalue weighted by Crippen LogP contribution is -2.46. The van der Waals surface area contributed by atoms with E-state index in [9.17, 15) is 13.8 Å². The van der Waals surface area contributed by atoms with Gasteiger partial charge in [0, 0.05) is 28.9 Å². The molecular formula is C22H26ClFN5O7PS. The van der Waals surface area contributed by atoms with Gasteiger partial charge in [0.05, 0.1) is 17.2 Å². The molecule has 0 spiro atoms. The maximum absolute atomic E-state index is 14.9. The van der Waals surface area contributed by atoms with Crippen molar-refractivity contribution < 1.29 is 37.9 Å². The summed E-state index contributed by atoms with van der Waals surface area (Å²) in [4.78, 5) is 33.5. The molecule has 16 heteroatoms. The molecule has 2 heterocycles. The monoisotopic (exact) mass is 589 g/mol. The van der Waals surface area contributed by atoms with Gasteiger partial charge in [-0.05, 0) is 45.9 Å². The average Bonchev–Trinajstić information content (AvgIpc) is 3.26. The summed E-state index contributed by atoms with van der Waals surface area (Å²) < 4.78 is 35.9. The quantitative estimate of drug-likeness (QED) is 0.196. The third-order valence-electron chi connectivity index (χ3n) is 4.91. The number of carboxylic acid groups (broad SMARTS) is 1. The van der Waals surface area contributed by atoms with E-state index in [0.717, 1.165) is 17.3 Å². The van der Waals surface area contributed by atoms with Crippen LogP contribution < -0.4 is 15.4 Å². The summed E-state index contributed by atoms with van der Waals surface area (Å²) in [6.45, 7) is 6.58. The van der Waals surface area contributed by atoms with Crippen LogP contribution in [0, 0.1) is 12.7 Å². The summed E-state index contributed by atoms with van der Waals surface area (Å²) in [5.74, 6) is -0.436. The summed E-state index contributed by atoms with van der Waals surface area (Å²) in [7, 11) is -4.91. The second-order valence-corrected chi connectivity index (χ2v) is 11.1. The summed E-state index contributed by atoms with van der Waals surface area (Å²) in [5, 5.41) is 23.7. The maximum atomic E-state index is 14.9. The van der Waals surface area contributed by atoms with Crippen LogP contribution in [0.4, 0.5) is 15.0 Å². The van der Waals surface area contributed by atoms with E-state index in [1.807, 2.05) is 38.2 Å². The first-order chi connectivity index (χ1) is 17.7. The molecule has 0 saturated carbocycles.